The molecular formula is C16H28IN3O2S. The van der Waals surface area contributed by atoms with Gasteiger partial charge in [0, 0.05) is 30.8 Å². The SMILES string of the molecule is CCNC(=NCC(C)(C)OC)NCCS(=O)c1ccccc1.I. The highest BCUT2D eigenvalue weighted by Gasteiger charge is 2.15. The maximum atomic E-state index is 12.1. The van der Waals surface area contributed by atoms with Crippen molar-refractivity contribution in [2.45, 2.75) is 31.3 Å². The first-order chi connectivity index (χ1) is 10.5. The van der Waals surface area contributed by atoms with Crippen molar-refractivity contribution in [1.82, 2.24) is 10.6 Å². The van der Waals surface area contributed by atoms with E-state index in [1.54, 1.807) is 7.11 Å². The number of guanidine groups is 1. The average Bonchev–Trinajstić information content (AvgIpc) is 2.53. The Balaban J connectivity index is 0.00000484. The minimum Gasteiger partial charge on any atom is -0.377 e. The normalized spacial score (nSPS) is 13.1. The monoisotopic (exact) mass is 453 g/mol. The molecule has 0 saturated heterocycles. The summed E-state index contributed by atoms with van der Waals surface area (Å²) < 4.78 is 17.5. The third-order valence-electron chi connectivity index (χ3n) is 3.10. The number of ether oxygens (including phenoxy) is 1. The van der Waals surface area contributed by atoms with Crippen LogP contribution in [0.1, 0.15) is 20.8 Å². The summed E-state index contributed by atoms with van der Waals surface area (Å²) in [6, 6.07) is 9.50. The van der Waals surface area contributed by atoms with Gasteiger partial charge in [-0.1, -0.05) is 18.2 Å². The molecule has 1 rings (SSSR count). The molecule has 0 aliphatic carbocycles. The Morgan fingerprint density at radius 3 is 2.48 bits per heavy atom. The van der Waals surface area contributed by atoms with Crippen LogP contribution in [0.4, 0.5) is 0 Å². The first kappa shape index (κ1) is 22.3. The second kappa shape index (κ2) is 11.8. The topological polar surface area (TPSA) is 62.7 Å². The van der Waals surface area contributed by atoms with Crippen molar-refractivity contribution < 1.29 is 8.95 Å². The molecule has 0 aliphatic rings. The molecule has 2 N–H and O–H groups in total. The van der Waals surface area contributed by atoms with Gasteiger partial charge in [0.05, 0.1) is 22.9 Å². The Bertz CT molecular complexity index is 495. The fourth-order valence-electron chi connectivity index (χ4n) is 1.63. The first-order valence-electron chi connectivity index (χ1n) is 7.49. The van der Waals surface area contributed by atoms with Gasteiger partial charge in [-0.05, 0) is 32.9 Å². The van der Waals surface area contributed by atoms with Crippen LogP contribution in [0.5, 0.6) is 0 Å². The molecule has 0 heterocycles. The van der Waals surface area contributed by atoms with Crippen LogP contribution < -0.4 is 10.6 Å². The van der Waals surface area contributed by atoms with E-state index in [1.165, 1.54) is 0 Å². The molecule has 5 nitrogen and oxygen atoms in total. The highest BCUT2D eigenvalue weighted by Crippen LogP contribution is 2.07. The summed E-state index contributed by atoms with van der Waals surface area (Å²) in [5, 5.41) is 6.39. The molecule has 0 amide bonds. The van der Waals surface area contributed by atoms with Gasteiger partial charge in [-0.2, -0.15) is 0 Å². The van der Waals surface area contributed by atoms with Crippen LogP contribution in [0.25, 0.3) is 0 Å². The summed E-state index contributed by atoms with van der Waals surface area (Å²) in [5.41, 5.74) is -0.296. The van der Waals surface area contributed by atoms with Gasteiger partial charge in [-0.25, -0.2) is 0 Å². The molecule has 0 aliphatic heterocycles. The number of nitrogens with zero attached hydrogens (tertiary/aromatic N) is 1. The molecule has 1 aromatic rings. The zero-order valence-corrected chi connectivity index (χ0v) is 17.4. The summed E-state index contributed by atoms with van der Waals surface area (Å²) in [7, 11) is 0.683. The number of nitrogens with one attached hydrogen (secondary N) is 2. The van der Waals surface area contributed by atoms with E-state index in [9.17, 15) is 4.21 Å². The van der Waals surface area contributed by atoms with Gasteiger partial charge in [-0.15, -0.1) is 24.0 Å². The second-order valence-electron chi connectivity index (χ2n) is 5.45. The molecule has 0 radical (unpaired) electrons. The number of aliphatic imine (C=N–C) groups is 1. The largest absolute Gasteiger partial charge is 0.377 e. The number of benzene rings is 1. The maximum Gasteiger partial charge on any atom is 0.191 e. The zero-order valence-electron chi connectivity index (χ0n) is 14.3. The average molecular weight is 453 g/mol. The van der Waals surface area contributed by atoms with Crippen LogP contribution in [-0.2, 0) is 15.5 Å². The highest BCUT2D eigenvalue weighted by molar-refractivity contribution is 14.0. The summed E-state index contributed by atoms with van der Waals surface area (Å²) in [6.07, 6.45) is 0. The van der Waals surface area contributed by atoms with E-state index in [0.717, 1.165) is 17.4 Å². The summed E-state index contributed by atoms with van der Waals surface area (Å²) >= 11 is 0. The molecule has 132 valence electrons. The third-order valence-corrected chi connectivity index (χ3v) is 4.47. The van der Waals surface area contributed by atoms with Crippen molar-refractivity contribution in [3.8, 4) is 0 Å². The van der Waals surface area contributed by atoms with Gasteiger partial charge in [0.15, 0.2) is 5.96 Å². The van der Waals surface area contributed by atoms with E-state index in [-0.39, 0.29) is 29.6 Å². The van der Waals surface area contributed by atoms with Gasteiger partial charge in [0.25, 0.3) is 0 Å². The van der Waals surface area contributed by atoms with Crippen molar-refractivity contribution in [3.05, 3.63) is 30.3 Å². The summed E-state index contributed by atoms with van der Waals surface area (Å²) in [6.45, 7) is 7.93. The number of hydrogen-bond donors (Lipinski definition) is 2. The molecule has 0 bridgehead atoms. The molecule has 7 heteroatoms. The van der Waals surface area contributed by atoms with Crippen molar-refractivity contribution in [2.75, 3.05) is 32.5 Å². The van der Waals surface area contributed by atoms with Crippen LogP contribution in [0.2, 0.25) is 0 Å². The van der Waals surface area contributed by atoms with Gasteiger partial charge in [0.2, 0.25) is 0 Å². The lowest BCUT2D eigenvalue weighted by atomic mass is 10.1. The van der Waals surface area contributed by atoms with E-state index in [4.69, 9.17) is 4.74 Å². The van der Waals surface area contributed by atoms with E-state index < -0.39 is 10.8 Å². The molecule has 0 fully saturated rings. The Labute approximate surface area is 159 Å². The minimum atomic E-state index is -0.996. The Morgan fingerprint density at radius 1 is 1.26 bits per heavy atom. The molecule has 1 aromatic carbocycles. The molecule has 0 saturated carbocycles. The van der Waals surface area contributed by atoms with Crippen LogP contribution in [0.3, 0.4) is 0 Å². The van der Waals surface area contributed by atoms with Gasteiger partial charge >= 0.3 is 0 Å². The minimum absolute atomic E-state index is 0. The quantitative estimate of drug-likeness (QED) is 0.361. The number of methoxy groups -OCH3 is 1. The van der Waals surface area contributed by atoms with Crippen molar-refractivity contribution in [1.29, 1.82) is 0 Å². The van der Waals surface area contributed by atoms with Crippen molar-refractivity contribution in [2.24, 2.45) is 4.99 Å². The van der Waals surface area contributed by atoms with Crippen LogP contribution >= 0.6 is 24.0 Å². The zero-order chi connectivity index (χ0) is 16.4. The molecule has 1 unspecified atom stereocenters. The van der Waals surface area contributed by atoms with Gasteiger partial charge in [-0.3, -0.25) is 9.20 Å². The summed E-state index contributed by atoms with van der Waals surface area (Å²) in [5.74, 6) is 1.26. The number of rotatable bonds is 8. The van der Waals surface area contributed by atoms with Gasteiger partial charge in [0.1, 0.15) is 0 Å². The lowest BCUT2D eigenvalue weighted by molar-refractivity contribution is 0.0311. The first-order valence-corrected chi connectivity index (χ1v) is 8.81. The fourth-order valence-corrected chi connectivity index (χ4v) is 2.61. The van der Waals surface area contributed by atoms with Crippen LogP contribution in [0.15, 0.2) is 40.2 Å². The number of halogens is 1. The Morgan fingerprint density at radius 2 is 1.91 bits per heavy atom. The van der Waals surface area contributed by atoms with E-state index in [2.05, 4.69) is 15.6 Å². The molecule has 23 heavy (non-hydrogen) atoms. The van der Waals surface area contributed by atoms with E-state index in [1.807, 2.05) is 51.1 Å². The molecule has 1 atom stereocenters. The van der Waals surface area contributed by atoms with Crippen LogP contribution in [0, 0.1) is 0 Å². The van der Waals surface area contributed by atoms with Crippen molar-refractivity contribution >= 4 is 40.7 Å². The number of hydrogen-bond acceptors (Lipinski definition) is 3. The maximum absolute atomic E-state index is 12.1. The standard InChI is InChI=1S/C16H27N3O2S.HI/c1-5-17-15(19-13-16(2,3)21-4)18-11-12-22(20)14-9-7-6-8-10-14;/h6-10H,5,11-13H2,1-4H3,(H2,17,18,19);1H. The predicted octanol–water partition coefficient (Wildman–Crippen LogP) is 2.39. The fraction of sp³-hybridized carbons (Fsp3) is 0.562. The molecule has 0 spiro atoms. The summed E-state index contributed by atoms with van der Waals surface area (Å²) in [4.78, 5) is 5.35. The van der Waals surface area contributed by atoms with E-state index >= 15 is 0 Å². The molecular weight excluding hydrogens is 425 g/mol. The van der Waals surface area contributed by atoms with Gasteiger partial charge < -0.3 is 15.4 Å². The Kier molecular flexibility index (Phi) is 11.5. The predicted molar refractivity (Wildman–Crippen MR) is 108 cm³/mol. The molecule has 0 aromatic heterocycles. The lowest BCUT2D eigenvalue weighted by Gasteiger charge is -2.21. The van der Waals surface area contributed by atoms with Crippen molar-refractivity contribution in [3.63, 3.8) is 0 Å². The highest BCUT2D eigenvalue weighted by atomic mass is 127. The third kappa shape index (κ3) is 9.26. The second-order valence-corrected chi connectivity index (χ2v) is 7.02. The lowest BCUT2D eigenvalue weighted by Crippen LogP contribution is -2.40. The van der Waals surface area contributed by atoms with Crippen LogP contribution in [-0.4, -0.2) is 48.3 Å². The Hall–Kier alpha value is -0.670. The smallest absolute Gasteiger partial charge is 0.191 e. The van der Waals surface area contributed by atoms with E-state index in [0.29, 0.717) is 18.8 Å².